The van der Waals surface area contributed by atoms with Crippen molar-refractivity contribution in [1.82, 2.24) is 13.6 Å². The van der Waals surface area contributed by atoms with Gasteiger partial charge in [0.2, 0.25) is 0 Å². The first-order valence-electron chi connectivity index (χ1n) is 9.76. The number of hydrogen-bond donors (Lipinski definition) is 1. The molecule has 0 aliphatic heterocycles. The molecule has 1 amide bonds. The average Bonchev–Trinajstić information content (AvgIpc) is 3.26. The molecule has 164 valence electrons. The van der Waals surface area contributed by atoms with E-state index in [1.54, 1.807) is 23.1 Å². The van der Waals surface area contributed by atoms with E-state index in [1.165, 1.54) is 18.2 Å². The lowest BCUT2D eigenvalue weighted by Crippen LogP contribution is -2.31. The number of hydrogen-bond acceptors (Lipinski definition) is 6. The van der Waals surface area contributed by atoms with Gasteiger partial charge in [-0.1, -0.05) is 48.0 Å². The Labute approximate surface area is 195 Å². The lowest BCUT2D eigenvalue weighted by molar-refractivity contribution is 0.0753. The van der Waals surface area contributed by atoms with Gasteiger partial charge in [0.05, 0.1) is 23.0 Å². The molecule has 0 radical (unpaired) electrons. The van der Waals surface area contributed by atoms with Gasteiger partial charge < -0.3 is 4.90 Å². The minimum Gasteiger partial charge on any atom is -0.335 e. The van der Waals surface area contributed by atoms with Crippen LogP contribution in [0.25, 0.3) is 11.0 Å². The predicted molar refractivity (Wildman–Crippen MR) is 127 cm³/mol. The van der Waals surface area contributed by atoms with Crippen LogP contribution in [-0.4, -0.2) is 34.5 Å². The van der Waals surface area contributed by atoms with Gasteiger partial charge >= 0.3 is 0 Å². The summed E-state index contributed by atoms with van der Waals surface area (Å²) in [5.41, 5.74) is 2.05. The molecule has 32 heavy (non-hydrogen) atoms. The van der Waals surface area contributed by atoms with Crippen molar-refractivity contribution < 1.29 is 13.2 Å². The van der Waals surface area contributed by atoms with Gasteiger partial charge in [-0.25, -0.2) is 8.42 Å². The Bertz CT molecular complexity index is 1370. The van der Waals surface area contributed by atoms with Gasteiger partial charge in [-0.3, -0.25) is 9.52 Å². The van der Waals surface area contributed by atoms with Crippen molar-refractivity contribution in [2.45, 2.75) is 18.4 Å². The van der Waals surface area contributed by atoms with Gasteiger partial charge in [0.15, 0.2) is 0 Å². The molecule has 4 rings (SSSR count). The highest BCUT2D eigenvalue weighted by Crippen LogP contribution is 2.28. The summed E-state index contributed by atoms with van der Waals surface area (Å²) in [6.07, 6.45) is 0. The highest BCUT2D eigenvalue weighted by atomic mass is 35.5. The summed E-state index contributed by atoms with van der Waals surface area (Å²) >= 11 is 7.07. The van der Waals surface area contributed by atoms with Crippen LogP contribution in [0.3, 0.4) is 0 Å². The maximum absolute atomic E-state index is 13.3. The Morgan fingerprint density at radius 3 is 2.59 bits per heavy atom. The number of nitrogens with one attached hydrogen (secondary N) is 1. The van der Waals surface area contributed by atoms with Crippen LogP contribution in [0.15, 0.2) is 71.6 Å². The fourth-order valence-electron chi connectivity index (χ4n) is 3.29. The van der Waals surface area contributed by atoms with Gasteiger partial charge in [-0.15, -0.1) is 0 Å². The quantitative estimate of drug-likeness (QED) is 0.404. The Kier molecular flexibility index (Phi) is 6.40. The second kappa shape index (κ2) is 9.23. The fraction of sp³-hybridized carbons (Fsp3) is 0.136. The maximum atomic E-state index is 13.3. The van der Waals surface area contributed by atoms with E-state index >= 15 is 0 Å². The summed E-state index contributed by atoms with van der Waals surface area (Å²) < 4.78 is 37.1. The predicted octanol–water partition coefficient (Wildman–Crippen LogP) is 4.81. The third-order valence-electron chi connectivity index (χ3n) is 4.88. The molecule has 1 N–H and O–H groups in total. The highest BCUT2D eigenvalue weighted by molar-refractivity contribution is 7.93. The molecule has 0 unspecified atom stereocenters. The summed E-state index contributed by atoms with van der Waals surface area (Å²) in [6.45, 7) is 2.72. The number of anilines is 1. The molecule has 1 aromatic heterocycles. The largest absolute Gasteiger partial charge is 0.335 e. The molecule has 0 aliphatic rings. The van der Waals surface area contributed by atoms with Crippen LogP contribution in [0, 0.1) is 0 Å². The molecular formula is C22H19ClN4O3S2. The number of aromatic nitrogens is 2. The number of carbonyl (C=O) groups is 1. The normalized spacial score (nSPS) is 11.4. The lowest BCUT2D eigenvalue weighted by Gasteiger charge is -2.23. The highest BCUT2D eigenvalue weighted by Gasteiger charge is 2.24. The van der Waals surface area contributed by atoms with Gasteiger partial charge in [0, 0.05) is 18.1 Å². The first-order valence-corrected chi connectivity index (χ1v) is 12.3. The van der Waals surface area contributed by atoms with Gasteiger partial charge in [-0.2, -0.15) is 8.75 Å². The van der Waals surface area contributed by atoms with Crippen molar-refractivity contribution in [2.24, 2.45) is 0 Å². The standard InChI is InChI=1S/C22H19ClN4O3S2/c1-2-27(14-15-7-4-3-5-8-15)22(28)17-12-11-16(23)13-19(17)26-32(29,30)20-10-6-9-18-21(20)25-31-24-18/h3-13,26H,2,14H2,1H3. The lowest BCUT2D eigenvalue weighted by atomic mass is 10.1. The van der Waals surface area contributed by atoms with E-state index in [4.69, 9.17) is 11.6 Å². The number of benzene rings is 3. The second-order valence-corrected chi connectivity index (χ2v) is 9.60. The van der Waals surface area contributed by atoms with Crippen molar-refractivity contribution in [1.29, 1.82) is 0 Å². The minimum atomic E-state index is -4.05. The van der Waals surface area contributed by atoms with Crippen LogP contribution < -0.4 is 4.72 Å². The SMILES string of the molecule is CCN(Cc1ccccc1)C(=O)c1ccc(Cl)cc1NS(=O)(=O)c1cccc2nsnc12. The summed E-state index contributed by atoms with van der Waals surface area (Å²) in [5.74, 6) is -0.306. The molecule has 0 spiro atoms. The van der Waals surface area contributed by atoms with Crippen LogP contribution in [0.4, 0.5) is 5.69 Å². The van der Waals surface area contributed by atoms with Crippen molar-refractivity contribution in [2.75, 3.05) is 11.3 Å². The fourth-order valence-corrected chi connectivity index (χ4v) is 5.30. The maximum Gasteiger partial charge on any atom is 0.264 e. The van der Waals surface area contributed by atoms with E-state index in [0.717, 1.165) is 17.3 Å². The van der Waals surface area contributed by atoms with E-state index in [2.05, 4.69) is 13.5 Å². The smallest absolute Gasteiger partial charge is 0.264 e. The third-order valence-corrected chi connectivity index (χ3v) is 7.05. The summed E-state index contributed by atoms with van der Waals surface area (Å²) in [6, 6.07) is 18.9. The Balaban J connectivity index is 1.69. The number of amides is 1. The van der Waals surface area contributed by atoms with Crippen LogP contribution >= 0.6 is 23.3 Å². The molecule has 3 aromatic carbocycles. The number of nitrogens with zero attached hydrogens (tertiary/aromatic N) is 3. The number of sulfonamides is 1. The molecular weight excluding hydrogens is 468 g/mol. The van der Waals surface area contributed by atoms with Crippen molar-refractivity contribution in [3.8, 4) is 0 Å². The van der Waals surface area contributed by atoms with E-state index in [-0.39, 0.29) is 27.6 Å². The van der Waals surface area contributed by atoms with E-state index in [0.29, 0.717) is 23.6 Å². The van der Waals surface area contributed by atoms with Crippen molar-refractivity contribution in [3.63, 3.8) is 0 Å². The molecule has 0 saturated heterocycles. The number of halogens is 1. The summed E-state index contributed by atoms with van der Waals surface area (Å²) in [5, 5.41) is 0.305. The van der Waals surface area contributed by atoms with Gasteiger partial charge in [-0.05, 0) is 42.8 Å². The van der Waals surface area contributed by atoms with Crippen LogP contribution in [0.5, 0.6) is 0 Å². The van der Waals surface area contributed by atoms with E-state index < -0.39 is 10.0 Å². The summed E-state index contributed by atoms with van der Waals surface area (Å²) in [7, 11) is -4.05. The second-order valence-electron chi connectivity index (χ2n) is 6.99. The van der Waals surface area contributed by atoms with Crippen molar-refractivity contribution in [3.05, 3.63) is 82.9 Å². The third kappa shape index (κ3) is 4.59. The van der Waals surface area contributed by atoms with Gasteiger partial charge in [0.1, 0.15) is 15.9 Å². The Morgan fingerprint density at radius 2 is 1.84 bits per heavy atom. The topological polar surface area (TPSA) is 92.3 Å². The molecule has 0 saturated carbocycles. The van der Waals surface area contributed by atoms with Crippen molar-refractivity contribution >= 4 is 56.0 Å². The zero-order chi connectivity index (χ0) is 22.7. The van der Waals surface area contributed by atoms with E-state index in [9.17, 15) is 13.2 Å². The van der Waals surface area contributed by atoms with E-state index in [1.807, 2.05) is 37.3 Å². The first-order chi connectivity index (χ1) is 15.4. The van der Waals surface area contributed by atoms with Crippen LogP contribution in [0.2, 0.25) is 5.02 Å². The van der Waals surface area contributed by atoms with Gasteiger partial charge in [0.25, 0.3) is 15.9 Å². The Morgan fingerprint density at radius 1 is 1.06 bits per heavy atom. The molecule has 0 atom stereocenters. The van der Waals surface area contributed by atoms with Crippen LogP contribution in [0.1, 0.15) is 22.8 Å². The minimum absolute atomic E-state index is 0.0150. The zero-order valence-corrected chi connectivity index (χ0v) is 19.4. The molecule has 1 heterocycles. The number of carbonyl (C=O) groups excluding carboxylic acids is 1. The average molecular weight is 487 g/mol. The molecule has 0 aliphatic carbocycles. The number of rotatable bonds is 7. The van der Waals surface area contributed by atoms with Crippen LogP contribution in [-0.2, 0) is 16.6 Å². The molecule has 0 fully saturated rings. The summed E-state index contributed by atoms with van der Waals surface area (Å²) in [4.78, 5) is 15.0. The molecule has 4 aromatic rings. The molecule has 0 bridgehead atoms. The Hall–Kier alpha value is -3.01. The number of fused-ring (bicyclic) bond motifs is 1. The molecule has 10 heteroatoms. The molecule has 7 nitrogen and oxygen atoms in total. The first kappa shape index (κ1) is 22.2. The zero-order valence-electron chi connectivity index (χ0n) is 17.0. The monoisotopic (exact) mass is 486 g/mol.